The molecule has 6 nitrogen and oxygen atoms in total. The Balaban J connectivity index is 2.19. The summed E-state index contributed by atoms with van der Waals surface area (Å²) in [6.45, 7) is 0. The van der Waals surface area contributed by atoms with Gasteiger partial charge in [-0.3, -0.25) is 0 Å². The molecule has 0 fully saturated rings. The summed E-state index contributed by atoms with van der Waals surface area (Å²) in [5.74, 6) is -1.66. The highest BCUT2D eigenvalue weighted by atomic mass is 32.2. The lowest BCUT2D eigenvalue weighted by atomic mass is 10.3. The summed E-state index contributed by atoms with van der Waals surface area (Å²) in [6, 6.07) is 0. The highest BCUT2D eigenvalue weighted by Gasteiger charge is 2.34. The number of nitrogens with zero attached hydrogens (tertiary/aromatic N) is 4. The maximum absolute atomic E-state index is 12.8. The Hall–Kier alpha value is -1.63. The van der Waals surface area contributed by atoms with Crippen LogP contribution < -0.4 is 0 Å². The monoisotopic (exact) mass is 376 g/mol. The average molecular weight is 376 g/mol. The van der Waals surface area contributed by atoms with Gasteiger partial charge < -0.3 is 0 Å². The minimum Gasteiger partial charge on any atom is -0.246 e. The molecule has 0 bridgehead atoms. The Morgan fingerprint density at radius 2 is 1.96 bits per heavy atom. The van der Waals surface area contributed by atoms with E-state index in [2.05, 4.69) is 15.3 Å². The van der Waals surface area contributed by atoms with Gasteiger partial charge in [-0.2, -0.15) is 13.2 Å². The maximum atomic E-state index is 12.8. The van der Waals surface area contributed by atoms with Gasteiger partial charge in [0.1, 0.15) is 22.1 Å². The molecule has 0 amide bonds. The van der Waals surface area contributed by atoms with E-state index >= 15 is 0 Å². The third-order valence-electron chi connectivity index (χ3n) is 2.69. The molecular formula is C10H9F5N4O2S2. The standard InChI is InChI=1S/C10H9F5N4O2S2/c1-19-8(9(11)12)5(17-18-19)3-23(20,21)4-7-16-6(2-22-7)10(13,14)15/h2,9H,3-4H2,1H3. The quantitative estimate of drug-likeness (QED) is 0.749. The van der Waals surface area contributed by atoms with Crippen molar-refractivity contribution in [1.82, 2.24) is 20.0 Å². The second kappa shape index (κ2) is 6.11. The molecule has 2 heterocycles. The normalized spacial score (nSPS) is 13.0. The molecule has 13 heteroatoms. The highest BCUT2D eigenvalue weighted by molar-refractivity contribution is 7.89. The van der Waals surface area contributed by atoms with Gasteiger partial charge >= 0.3 is 6.18 Å². The SMILES string of the molecule is Cn1nnc(CS(=O)(=O)Cc2nc(C(F)(F)F)cs2)c1C(F)F. The van der Waals surface area contributed by atoms with Crippen molar-refractivity contribution in [2.24, 2.45) is 7.05 Å². The van der Waals surface area contributed by atoms with Crippen LogP contribution in [0, 0.1) is 0 Å². The van der Waals surface area contributed by atoms with Gasteiger partial charge in [0.2, 0.25) is 0 Å². The summed E-state index contributed by atoms with van der Waals surface area (Å²) in [5.41, 5.74) is -2.28. The molecule has 0 aromatic carbocycles. The molecule has 0 unspecified atom stereocenters. The summed E-state index contributed by atoms with van der Waals surface area (Å²) in [6.07, 6.45) is -7.65. The first-order valence-corrected chi connectivity index (χ1v) is 8.58. The van der Waals surface area contributed by atoms with Crippen LogP contribution >= 0.6 is 11.3 Å². The van der Waals surface area contributed by atoms with Crippen molar-refractivity contribution in [3.8, 4) is 0 Å². The zero-order valence-corrected chi connectivity index (χ0v) is 13.0. The van der Waals surface area contributed by atoms with Crippen LogP contribution in [0.15, 0.2) is 5.38 Å². The maximum Gasteiger partial charge on any atom is 0.434 e. The smallest absolute Gasteiger partial charge is 0.246 e. The summed E-state index contributed by atoms with van der Waals surface area (Å²) in [5, 5.41) is 7.11. The lowest BCUT2D eigenvalue weighted by molar-refractivity contribution is -0.140. The van der Waals surface area contributed by atoms with E-state index in [1.54, 1.807) is 0 Å². The number of rotatable bonds is 5. The summed E-state index contributed by atoms with van der Waals surface area (Å²) < 4.78 is 87.6. The first-order valence-electron chi connectivity index (χ1n) is 5.88. The molecule has 0 N–H and O–H groups in total. The zero-order chi connectivity index (χ0) is 17.4. The van der Waals surface area contributed by atoms with Gasteiger partial charge in [-0.05, 0) is 0 Å². The predicted octanol–water partition coefficient (Wildman–Crippen LogP) is 2.34. The highest BCUT2D eigenvalue weighted by Crippen LogP contribution is 2.31. The number of alkyl halides is 5. The van der Waals surface area contributed by atoms with Crippen molar-refractivity contribution in [2.45, 2.75) is 24.1 Å². The van der Waals surface area contributed by atoms with Crippen molar-refractivity contribution in [3.63, 3.8) is 0 Å². The molecule has 128 valence electrons. The molecule has 0 radical (unpaired) electrons. The molecule has 0 atom stereocenters. The van der Waals surface area contributed by atoms with Crippen molar-refractivity contribution in [2.75, 3.05) is 0 Å². The van der Waals surface area contributed by atoms with Crippen LogP contribution in [0.3, 0.4) is 0 Å². The fourth-order valence-corrected chi connectivity index (χ4v) is 4.29. The van der Waals surface area contributed by atoms with E-state index in [4.69, 9.17) is 0 Å². The van der Waals surface area contributed by atoms with Crippen molar-refractivity contribution < 1.29 is 30.4 Å². The van der Waals surface area contributed by atoms with Crippen LogP contribution in [-0.2, 0) is 34.6 Å². The Morgan fingerprint density at radius 1 is 1.30 bits per heavy atom. The Labute approximate surface area is 130 Å². The number of aromatic nitrogens is 4. The molecule has 2 aromatic heterocycles. The molecule has 0 aliphatic heterocycles. The zero-order valence-electron chi connectivity index (χ0n) is 11.4. The Morgan fingerprint density at radius 3 is 2.48 bits per heavy atom. The van der Waals surface area contributed by atoms with Gasteiger partial charge in [0.05, 0.1) is 5.75 Å². The van der Waals surface area contributed by atoms with Crippen molar-refractivity contribution in [3.05, 3.63) is 27.5 Å². The van der Waals surface area contributed by atoms with Gasteiger partial charge in [-0.1, -0.05) is 5.21 Å². The van der Waals surface area contributed by atoms with E-state index in [9.17, 15) is 30.4 Å². The average Bonchev–Trinajstić information content (AvgIpc) is 2.94. The number of hydrogen-bond donors (Lipinski definition) is 0. The largest absolute Gasteiger partial charge is 0.434 e. The van der Waals surface area contributed by atoms with E-state index in [1.165, 1.54) is 7.05 Å². The van der Waals surface area contributed by atoms with Crippen LogP contribution in [0.2, 0.25) is 0 Å². The van der Waals surface area contributed by atoms with Gasteiger partial charge in [-0.15, -0.1) is 16.4 Å². The molecule has 0 aliphatic rings. The second-order valence-corrected chi connectivity index (χ2v) is 7.51. The number of aryl methyl sites for hydroxylation is 1. The fraction of sp³-hybridized carbons (Fsp3) is 0.500. The molecule has 2 aromatic rings. The molecule has 0 saturated carbocycles. The predicted molar refractivity (Wildman–Crippen MR) is 69.4 cm³/mol. The number of sulfone groups is 1. The topological polar surface area (TPSA) is 77.7 Å². The molecule has 2 rings (SSSR count). The summed E-state index contributed by atoms with van der Waals surface area (Å²) in [7, 11) is -2.85. The minimum absolute atomic E-state index is 0.278. The molecule has 0 aliphatic carbocycles. The first kappa shape index (κ1) is 17.7. The summed E-state index contributed by atoms with van der Waals surface area (Å²) >= 11 is 0.530. The number of halogens is 5. The summed E-state index contributed by atoms with van der Waals surface area (Å²) in [4.78, 5) is 3.20. The van der Waals surface area contributed by atoms with E-state index in [-0.39, 0.29) is 5.01 Å². The molecule has 0 saturated heterocycles. The van der Waals surface area contributed by atoms with Crippen LogP contribution in [0.1, 0.15) is 28.5 Å². The van der Waals surface area contributed by atoms with Crippen molar-refractivity contribution in [1.29, 1.82) is 0 Å². The van der Waals surface area contributed by atoms with Crippen LogP contribution in [0.4, 0.5) is 22.0 Å². The van der Waals surface area contributed by atoms with Crippen LogP contribution in [0.5, 0.6) is 0 Å². The number of thiazole rings is 1. The third-order valence-corrected chi connectivity index (χ3v) is 5.15. The van der Waals surface area contributed by atoms with Crippen molar-refractivity contribution >= 4 is 21.2 Å². The fourth-order valence-electron chi connectivity index (χ4n) is 1.73. The van der Waals surface area contributed by atoms with Crippen LogP contribution in [0.25, 0.3) is 0 Å². The molecular weight excluding hydrogens is 367 g/mol. The molecule has 0 spiro atoms. The van der Waals surface area contributed by atoms with E-state index in [0.29, 0.717) is 16.7 Å². The minimum atomic E-state index is -4.67. The van der Waals surface area contributed by atoms with Gasteiger partial charge in [0.25, 0.3) is 6.43 Å². The Kier molecular flexibility index (Phi) is 4.71. The van der Waals surface area contributed by atoms with Gasteiger partial charge in [0, 0.05) is 12.4 Å². The Bertz CT molecular complexity index is 797. The van der Waals surface area contributed by atoms with E-state index < -0.39 is 51.0 Å². The van der Waals surface area contributed by atoms with E-state index in [1.807, 2.05) is 0 Å². The molecule has 23 heavy (non-hydrogen) atoms. The second-order valence-electron chi connectivity index (χ2n) is 4.50. The lowest BCUT2D eigenvalue weighted by Gasteiger charge is -2.04. The number of hydrogen-bond acceptors (Lipinski definition) is 6. The third kappa shape index (κ3) is 4.22. The van der Waals surface area contributed by atoms with Gasteiger partial charge in [0.15, 0.2) is 15.5 Å². The van der Waals surface area contributed by atoms with E-state index in [0.717, 1.165) is 4.68 Å². The van der Waals surface area contributed by atoms with Gasteiger partial charge in [-0.25, -0.2) is 26.9 Å². The lowest BCUT2D eigenvalue weighted by Crippen LogP contribution is -2.11. The first-order chi connectivity index (χ1) is 10.5. The van der Waals surface area contributed by atoms with Crippen LogP contribution in [-0.4, -0.2) is 28.4 Å².